The van der Waals surface area contributed by atoms with Crippen molar-refractivity contribution in [3.63, 3.8) is 0 Å². The lowest BCUT2D eigenvalue weighted by Gasteiger charge is -2.15. The van der Waals surface area contributed by atoms with Crippen LogP contribution in [0.4, 0.5) is 0 Å². The zero-order chi connectivity index (χ0) is 13.1. The van der Waals surface area contributed by atoms with Crippen LogP contribution in [0.2, 0.25) is 0 Å². The Kier molecular flexibility index (Phi) is 3.11. The van der Waals surface area contributed by atoms with Gasteiger partial charge < -0.3 is 0 Å². The van der Waals surface area contributed by atoms with Crippen LogP contribution in [-0.2, 0) is 0 Å². The second kappa shape index (κ2) is 5.07. The summed E-state index contributed by atoms with van der Waals surface area (Å²) < 4.78 is 0. The molecular formula is C18H15N. The van der Waals surface area contributed by atoms with Crippen LogP contribution in [0.1, 0.15) is 17.0 Å². The molecule has 19 heavy (non-hydrogen) atoms. The molecule has 0 saturated carbocycles. The Morgan fingerprint density at radius 2 is 1.63 bits per heavy atom. The van der Waals surface area contributed by atoms with Gasteiger partial charge in [0.25, 0.3) is 0 Å². The number of pyridine rings is 1. The van der Waals surface area contributed by atoms with Crippen LogP contribution in [0.15, 0.2) is 79.6 Å². The standard InChI is InChI=1S/C18H15N/c1-2-16(14-8-4-3-5-9-14)18-13-19-12-15-10-6-7-11-17(15)18/h2-13,16H,1H2. The van der Waals surface area contributed by atoms with Crippen LogP contribution in [-0.4, -0.2) is 4.98 Å². The van der Waals surface area contributed by atoms with E-state index in [9.17, 15) is 0 Å². The number of nitrogens with zero attached hydrogens (tertiary/aromatic N) is 1. The molecule has 92 valence electrons. The molecule has 1 heterocycles. The number of allylic oxidation sites excluding steroid dienone is 1. The second-order valence-corrected chi connectivity index (χ2v) is 4.57. The third-order valence-electron chi connectivity index (χ3n) is 3.43. The molecule has 0 aliphatic rings. The molecule has 1 atom stereocenters. The van der Waals surface area contributed by atoms with Gasteiger partial charge in [0.2, 0.25) is 0 Å². The molecule has 0 aliphatic carbocycles. The van der Waals surface area contributed by atoms with E-state index in [1.54, 1.807) is 0 Å². The Labute approximate surface area is 113 Å². The van der Waals surface area contributed by atoms with E-state index < -0.39 is 0 Å². The first-order valence-corrected chi connectivity index (χ1v) is 6.40. The van der Waals surface area contributed by atoms with Crippen LogP contribution < -0.4 is 0 Å². The number of hydrogen-bond donors (Lipinski definition) is 0. The number of fused-ring (bicyclic) bond motifs is 1. The van der Waals surface area contributed by atoms with Gasteiger partial charge in [-0.2, -0.15) is 0 Å². The highest BCUT2D eigenvalue weighted by atomic mass is 14.6. The van der Waals surface area contributed by atoms with Gasteiger partial charge in [-0.25, -0.2) is 0 Å². The molecule has 0 spiro atoms. The van der Waals surface area contributed by atoms with E-state index >= 15 is 0 Å². The van der Waals surface area contributed by atoms with Crippen LogP contribution in [0.3, 0.4) is 0 Å². The number of rotatable bonds is 3. The van der Waals surface area contributed by atoms with E-state index in [2.05, 4.69) is 54.0 Å². The molecule has 0 amide bonds. The first-order chi connectivity index (χ1) is 9.40. The fraction of sp³-hybridized carbons (Fsp3) is 0.0556. The van der Waals surface area contributed by atoms with Crippen molar-refractivity contribution < 1.29 is 0 Å². The highest BCUT2D eigenvalue weighted by Crippen LogP contribution is 2.30. The summed E-state index contributed by atoms with van der Waals surface area (Å²) in [7, 11) is 0. The first-order valence-electron chi connectivity index (χ1n) is 6.40. The average molecular weight is 245 g/mol. The maximum atomic E-state index is 4.36. The molecule has 0 N–H and O–H groups in total. The van der Waals surface area contributed by atoms with Gasteiger partial charge in [-0.05, 0) is 16.5 Å². The number of benzene rings is 2. The topological polar surface area (TPSA) is 12.9 Å². The molecule has 1 aromatic heterocycles. The van der Waals surface area contributed by atoms with E-state index in [0.717, 1.165) is 0 Å². The molecule has 1 unspecified atom stereocenters. The number of aromatic nitrogens is 1. The Morgan fingerprint density at radius 3 is 2.42 bits per heavy atom. The monoisotopic (exact) mass is 245 g/mol. The summed E-state index contributed by atoms with van der Waals surface area (Å²) in [6.45, 7) is 3.99. The SMILES string of the molecule is C=CC(c1ccccc1)c1cncc2ccccc12. The van der Waals surface area contributed by atoms with Crippen molar-refractivity contribution in [1.82, 2.24) is 4.98 Å². The zero-order valence-corrected chi connectivity index (χ0v) is 10.7. The fourth-order valence-corrected chi connectivity index (χ4v) is 2.49. The third kappa shape index (κ3) is 2.15. The smallest absolute Gasteiger partial charge is 0.0346 e. The number of hydrogen-bond acceptors (Lipinski definition) is 1. The molecular weight excluding hydrogens is 230 g/mol. The van der Waals surface area contributed by atoms with Crippen molar-refractivity contribution in [2.24, 2.45) is 0 Å². The second-order valence-electron chi connectivity index (χ2n) is 4.57. The lowest BCUT2D eigenvalue weighted by molar-refractivity contribution is 1.03. The maximum absolute atomic E-state index is 4.36. The Balaban J connectivity index is 2.20. The maximum Gasteiger partial charge on any atom is 0.0346 e. The molecule has 0 saturated heterocycles. The summed E-state index contributed by atoms with van der Waals surface area (Å²) in [6.07, 6.45) is 5.84. The van der Waals surface area contributed by atoms with Gasteiger partial charge in [-0.15, -0.1) is 6.58 Å². The summed E-state index contributed by atoms with van der Waals surface area (Å²) >= 11 is 0. The summed E-state index contributed by atoms with van der Waals surface area (Å²) in [4.78, 5) is 4.36. The summed E-state index contributed by atoms with van der Waals surface area (Å²) in [6, 6.07) is 18.8. The van der Waals surface area contributed by atoms with Crippen molar-refractivity contribution >= 4 is 10.8 Å². The van der Waals surface area contributed by atoms with Gasteiger partial charge in [0, 0.05) is 23.7 Å². The lowest BCUT2D eigenvalue weighted by atomic mass is 9.89. The molecule has 2 aromatic carbocycles. The minimum atomic E-state index is 0.180. The van der Waals surface area contributed by atoms with Crippen molar-refractivity contribution in [3.8, 4) is 0 Å². The highest BCUT2D eigenvalue weighted by molar-refractivity contribution is 5.85. The van der Waals surface area contributed by atoms with E-state index in [-0.39, 0.29) is 5.92 Å². The largest absolute Gasteiger partial charge is 0.264 e. The van der Waals surface area contributed by atoms with Crippen LogP contribution in [0.25, 0.3) is 10.8 Å². The van der Waals surface area contributed by atoms with Crippen LogP contribution in [0, 0.1) is 0 Å². The molecule has 0 aliphatic heterocycles. The van der Waals surface area contributed by atoms with Crippen molar-refractivity contribution in [2.45, 2.75) is 5.92 Å². The fourth-order valence-electron chi connectivity index (χ4n) is 2.49. The Hall–Kier alpha value is -2.41. The lowest BCUT2D eigenvalue weighted by Crippen LogP contribution is -1.99. The van der Waals surface area contributed by atoms with Crippen LogP contribution >= 0.6 is 0 Å². The molecule has 3 aromatic rings. The van der Waals surface area contributed by atoms with Crippen molar-refractivity contribution in [1.29, 1.82) is 0 Å². The predicted molar refractivity (Wildman–Crippen MR) is 80.2 cm³/mol. The van der Waals surface area contributed by atoms with Gasteiger partial charge in [0.1, 0.15) is 0 Å². The van der Waals surface area contributed by atoms with Crippen LogP contribution in [0.5, 0.6) is 0 Å². The van der Waals surface area contributed by atoms with Crippen molar-refractivity contribution in [3.05, 3.63) is 90.8 Å². The third-order valence-corrected chi connectivity index (χ3v) is 3.43. The minimum Gasteiger partial charge on any atom is -0.264 e. The Bertz CT molecular complexity index is 696. The quantitative estimate of drug-likeness (QED) is 0.617. The molecule has 1 nitrogen and oxygen atoms in total. The molecule has 0 radical (unpaired) electrons. The summed E-state index contributed by atoms with van der Waals surface area (Å²) in [5.74, 6) is 0.180. The first kappa shape index (κ1) is 11.7. The van der Waals surface area contributed by atoms with E-state index in [0.29, 0.717) is 0 Å². The van der Waals surface area contributed by atoms with Gasteiger partial charge >= 0.3 is 0 Å². The molecule has 0 fully saturated rings. The molecule has 1 heteroatoms. The van der Waals surface area contributed by atoms with Crippen molar-refractivity contribution in [2.75, 3.05) is 0 Å². The average Bonchev–Trinajstić information content (AvgIpc) is 2.49. The normalized spacial score (nSPS) is 12.2. The van der Waals surface area contributed by atoms with Gasteiger partial charge in [0.15, 0.2) is 0 Å². The molecule has 0 bridgehead atoms. The zero-order valence-electron chi connectivity index (χ0n) is 10.7. The van der Waals surface area contributed by atoms with E-state index in [4.69, 9.17) is 0 Å². The van der Waals surface area contributed by atoms with E-state index in [1.165, 1.54) is 21.9 Å². The minimum absolute atomic E-state index is 0.180. The Morgan fingerprint density at radius 1 is 0.895 bits per heavy atom. The van der Waals surface area contributed by atoms with Gasteiger partial charge in [-0.3, -0.25) is 4.98 Å². The van der Waals surface area contributed by atoms with Gasteiger partial charge in [-0.1, -0.05) is 60.7 Å². The summed E-state index contributed by atoms with van der Waals surface area (Å²) in [5, 5.41) is 2.41. The van der Waals surface area contributed by atoms with E-state index in [1.807, 2.05) is 30.6 Å². The summed E-state index contributed by atoms with van der Waals surface area (Å²) in [5.41, 5.74) is 2.45. The predicted octanol–water partition coefficient (Wildman–Crippen LogP) is 4.55. The van der Waals surface area contributed by atoms with Gasteiger partial charge in [0.05, 0.1) is 0 Å². The molecule has 3 rings (SSSR count). The highest BCUT2D eigenvalue weighted by Gasteiger charge is 2.13.